The topological polar surface area (TPSA) is 95.9 Å². The summed E-state index contributed by atoms with van der Waals surface area (Å²) in [7, 11) is 0. The highest BCUT2D eigenvalue weighted by atomic mass is 16.5. The van der Waals surface area contributed by atoms with Gasteiger partial charge >= 0.3 is 5.97 Å². The first-order valence-corrected chi connectivity index (χ1v) is 10.0. The third kappa shape index (κ3) is 5.71. The Kier molecular flexibility index (Phi) is 7.56. The fraction of sp³-hybridized carbons (Fsp3) is 0.0769. The van der Waals surface area contributed by atoms with Crippen molar-refractivity contribution in [3.05, 3.63) is 102 Å². The number of hydrogen-bond donors (Lipinski definition) is 3. The molecule has 0 fully saturated rings. The van der Waals surface area contributed by atoms with Crippen LogP contribution in [0.2, 0.25) is 0 Å². The molecule has 32 heavy (non-hydrogen) atoms. The summed E-state index contributed by atoms with van der Waals surface area (Å²) < 4.78 is 5.88. The van der Waals surface area contributed by atoms with Crippen LogP contribution >= 0.6 is 0 Å². The van der Waals surface area contributed by atoms with Gasteiger partial charge < -0.3 is 20.3 Å². The summed E-state index contributed by atoms with van der Waals surface area (Å²) in [4.78, 5) is 23.7. The highest BCUT2D eigenvalue weighted by molar-refractivity contribution is 6.07. The average molecular weight is 429 g/mol. The van der Waals surface area contributed by atoms with E-state index in [0.29, 0.717) is 17.1 Å². The van der Waals surface area contributed by atoms with Crippen LogP contribution in [0.5, 0.6) is 11.5 Å². The average Bonchev–Trinajstić information content (AvgIpc) is 2.80. The SMILES string of the molecule is CCO.O=C(Nc1ccccc1C(=O)O)c1ccc(Oc2ccc3ccccc3c2)cc1. The van der Waals surface area contributed by atoms with Crippen molar-refractivity contribution < 1.29 is 24.5 Å². The van der Waals surface area contributed by atoms with E-state index in [9.17, 15) is 14.7 Å². The fourth-order valence-electron chi connectivity index (χ4n) is 3.01. The number of ether oxygens (including phenoxy) is 1. The summed E-state index contributed by atoms with van der Waals surface area (Å²) in [6.07, 6.45) is 0. The van der Waals surface area contributed by atoms with Crippen LogP contribution in [0.1, 0.15) is 27.6 Å². The number of nitrogens with one attached hydrogen (secondary N) is 1. The van der Waals surface area contributed by atoms with Gasteiger partial charge in [0, 0.05) is 12.2 Å². The number of amides is 1. The maximum Gasteiger partial charge on any atom is 0.337 e. The molecular weight excluding hydrogens is 406 g/mol. The second-order valence-corrected chi connectivity index (χ2v) is 6.76. The highest BCUT2D eigenvalue weighted by Crippen LogP contribution is 2.26. The number of aromatic carboxylic acids is 1. The Bertz CT molecular complexity index is 1220. The molecule has 0 unspecified atom stereocenters. The normalized spacial score (nSPS) is 10.1. The smallest absolute Gasteiger partial charge is 0.337 e. The van der Waals surface area contributed by atoms with Gasteiger partial charge in [0.1, 0.15) is 11.5 Å². The first-order chi connectivity index (χ1) is 15.5. The van der Waals surface area contributed by atoms with E-state index in [4.69, 9.17) is 9.84 Å². The lowest BCUT2D eigenvalue weighted by Gasteiger charge is -2.10. The predicted octanol–water partition coefficient (Wildman–Crippen LogP) is 5.58. The minimum atomic E-state index is -1.10. The summed E-state index contributed by atoms with van der Waals surface area (Å²) in [5.41, 5.74) is 0.689. The molecule has 0 aromatic heterocycles. The van der Waals surface area contributed by atoms with E-state index in [1.54, 1.807) is 49.4 Å². The van der Waals surface area contributed by atoms with Crippen LogP contribution in [0.4, 0.5) is 5.69 Å². The molecule has 0 aliphatic rings. The zero-order valence-corrected chi connectivity index (χ0v) is 17.5. The third-order valence-corrected chi connectivity index (χ3v) is 4.48. The molecule has 3 N–H and O–H groups in total. The summed E-state index contributed by atoms with van der Waals surface area (Å²) in [5, 5.41) is 21.6. The largest absolute Gasteiger partial charge is 0.478 e. The number of anilines is 1. The number of fused-ring (bicyclic) bond motifs is 1. The maximum absolute atomic E-state index is 12.5. The molecule has 0 bridgehead atoms. The molecule has 1 amide bonds. The summed E-state index contributed by atoms with van der Waals surface area (Å²) in [6.45, 7) is 1.93. The van der Waals surface area contributed by atoms with Crippen LogP contribution in [-0.2, 0) is 0 Å². The van der Waals surface area contributed by atoms with Crippen molar-refractivity contribution in [1.29, 1.82) is 0 Å². The number of carboxylic acid groups (broad SMARTS) is 1. The van der Waals surface area contributed by atoms with Gasteiger partial charge in [-0.25, -0.2) is 4.79 Å². The van der Waals surface area contributed by atoms with Crippen molar-refractivity contribution in [1.82, 2.24) is 0 Å². The van der Waals surface area contributed by atoms with Gasteiger partial charge in [-0.05, 0) is 66.2 Å². The van der Waals surface area contributed by atoms with Crippen LogP contribution in [0.15, 0.2) is 91.0 Å². The molecule has 4 rings (SSSR count). The summed E-state index contributed by atoms with van der Waals surface area (Å²) in [5.74, 6) is -0.185. The Balaban J connectivity index is 0.000000913. The molecule has 0 radical (unpaired) electrons. The fourth-order valence-corrected chi connectivity index (χ4v) is 3.01. The lowest BCUT2D eigenvalue weighted by atomic mass is 10.1. The molecule has 4 aromatic carbocycles. The number of carboxylic acids is 1. The molecule has 4 aromatic rings. The second-order valence-electron chi connectivity index (χ2n) is 6.76. The third-order valence-electron chi connectivity index (χ3n) is 4.48. The Morgan fingerprint density at radius 3 is 2.09 bits per heavy atom. The number of aliphatic hydroxyl groups is 1. The zero-order chi connectivity index (χ0) is 22.9. The number of hydrogen-bond acceptors (Lipinski definition) is 4. The minimum Gasteiger partial charge on any atom is -0.478 e. The number of para-hydroxylation sites is 1. The van der Waals surface area contributed by atoms with Crippen molar-refractivity contribution in [2.45, 2.75) is 6.92 Å². The van der Waals surface area contributed by atoms with Crippen LogP contribution in [0, 0.1) is 0 Å². The van der Waals surface area contributed by atoms with Crippen molar-refractivity contribution in [3.8, 4) is 11.5 Å². The van der Waals surface area contributed by atoms with E-state index in [1.807, 2.05) is 42.5 Å². The molecule has 0 heterocycles. The van der Waals surface area contributed by atoms with Gasteiger partial charge in [-0.2, -0.15) is 0 Å². The molecule has 0 aliphatic carbocycles. The quantitative estimate of drug-likeness (QED) is 0.385. The van der Waals surface area contributed by atoms with Crippen LogP contribution in [-0.4, -0.2) is 28.7 Å². The lowest BCUT2D eigenvalue weighted by molar-refractivity contribution is 0.0698. The van der Waals surface area contributed by atoms with E-state index in [-0.39, 0.29) is 17.9 Å². The van der Waals surface area contributed by atoms with Gasteiger partial charge in [-0.15, -0.1) is 0 Å². The van der Waals surface area contributed by atoms with E-state index < -0.39 is 11.9 Å². The second kappa shape index (κ2) is 10.7. The first-order valence-electron chi connectivity index (χ1n) is 10.0. The van der Waals surface area contributed by atoms with Crippen molar-refractivity contribution in [2.24, 2.45) is 0 Å². The molecule has 0 atom stereocenters. The lowest BCUT2D eigenvalue weighted by Crippen LogP contribution is -2.14. The van der Waals surface area contributed by atoms with Gasteiger partial charge in [0.15, 0.2) is 0 Å². The molecule has 0 spiro atoms. The Morgan fingerprint density at radius 2 is 1.41 bits per heavy atom. The molecule has 0 saturated carbocycles. The minimum absolute atomic E-state index is 0.0390. The molecule has 0 aliphatic heterocycles. The van der Waals surface area contributed by atoms with Gasteiger partial charge in [-0.3, -0.25) is 4.79 Å². The number of aliphatic hydroxyl groups excluding tert-OH is 1. The Labute approximate surface area is 185 Å². The summed E-state index contributed by atoms with van der Waals surface area (Å²) in [6, 6.07) is 26.8. The zero-order valence-electron chi connectivity index (χ0n) is 17.5. The van der Waals surface area contributed by atoms with E-state index in [0.717, 1.165) is 10.8 Å². The van der Waals surface area contributed by atoms with Crippen molar-refractivity contribution in [2.75, 3.05) is 11.9 Å². The van der Waals surface area contributed by atoms with Gasteiger partial charge in [0.2, 0.25) is 0 Å². The summed E-state index contributed by atoms with van der Waals surface area (Å²) >= 11 is 0. The van der Waals surface area contributed by atoms with Gasteiger partial charge in [0.25, 0.3) is 5.91 Å². The van der Waals surface area contributed by atoms with E-state index in [1.165, 1.54) is 6.07 Å². The van der Waals surface area contributed by atoms with Gasteiger partial charge in [-0.1, -0.05) is 42.5 Å². The van der Waals surface area contributed by atoms with Gasteiger partial charge in [0.05, 0.1) is 11.3 Å². The van der Waals surface area contributed by atoms with Crippen molar-refractivity contribution >= 4 is 28.3 Å². The van der Waals surface area contributed by atoms with E-state index in [2.05, 4.69) is 5.32 Å². The van der Waals surface area contributed by atoms with Crippen LogP contribution in [0.25, 0.3) is 10.8 Å². The first kappa shape index (κ1) is 22.5. The molecule has 6 nitrogen and oxygen atoms in total. The predicted molar refractivity (Wildman–Crippen MR) is 125 cm³/mol. The monoisotopic (exact) mass is 429 g/mol. The Morgan fingerprint density at radius 1 is 0.812 bits per heavy atom. The number of rotatable bonds is 5. The number of benzene rings is 4. The molecule has 6 heteroatoms. The Hall–Kier alpha value is -4.16. The maximum atomic E-state index is 12.5. The molecule has 0 saturated heterocycles. The molecule has 162 valence electrons. The van der Waals surface area contributed by atoms with Crippen molar-refractivity contribution in [3.63, 3.8) is 0 Å². The number of carbonyl (C=O) groups excluding carboxylic acids is 1. The molecular formula is C26H23NO5. The van der Waals surface area contributed by atoms with Crippen LogP contribution < -0.4 is 10.1 Å². The van der Waals surface area contributed by atoms with Crippen LogP contribution in [0.3, 0.4) is 0 Å². The standard InChI is InChI=1S/C24H17NO4.C2H6O/c26-23(25-22-8-4-3-7-21(22)24(27)28)17-10-12-19(13-11-17)29-20-14-9-16-5-1-2-6-18(16)15-20;1-2-3/h1-15H,(H,25,26)(H,27,28);3H,2H2,1H3. The highest BCUT2D eigenvalue weighted by Gasteiger charge is 2.13. The van der Waals surface area contributed by atoms with E-state index >= 15 is 0 Å². The number of carbonyl (C=O) groups is 2.